The third kappa shape index (κ3) is 4.81. The van der Waals surface area contributed by atoms with Gasteiger partial charge in [0.25, 0.3) is 11.1 Å². The number of amides is 2. The highest BCUT2D eigenvalue weighted by atomic mass is 35.5. The van der Waals surface area contributed by atoms with E-state index in [0.717, 1.165) is 22.2 Å². The number of para-hydroxylation sites is 1. The number of hydrogen-bond donors (Lipinski definition) is 0. The summed E-state index contributed by atoms with van der Waals surface area (Å²) >= 11 is 6.86. The lowest BCUT2D eigenvalue weighted by atomic mass is 10.1. The molecule has 4 rings (SSSR count). The molecule has 0 bridgehead atoms. The van der Waals surface area contributed by atoms with Gasteiger partial charge in [0, 0.05) is 16.1 Å². The van der Waals surface area contributed by atoms with Crippen molar-refractivity contribution in [1.29, 1.82) is 0 Å². The Morgan fingerprint density at radius 2 is 1.71 bits per heavy atom. The largest absolute Gasteiger partial charge is 0.488 e. The van der Waals surface area contributed by atoms with E-state index in [9.17, 15) is 14.0 Å². The summed E-state index contributed by atoms with van der Waals surface area (Å²) in [5, 5.41) is -0.305. The number of hydrogen-bond acceptors (Lipinski definition) is 4. The lowest BCUT2D eigenvalue weighted by Crippen LogP contribution is -2.28. The monoisotopic (exact) mass is 453 g/mol. The molecule has 1 aliphatic rings. The van der Waals surface area contributed by atoms with Gasteiger partial charge < -0.3 is 4.74 Å². The number of ether oxygens (including phenoxy) is 1. The van der Waals surface area contributed by atoms with Gasteiger partial charge in [-0.05, 0) is 41.6 Å². The van der Waals surface area contributed by atoms with Crippen LogP contribution in [0.25, 0.3) is 6.08 Å². The highest BCUT2D eigenvalue weighted by Crippen LogP contribution is 2.36. The molecular weight excluding hydrogens is 437 g/mol. The summed E-state index contributed by atoms with van der Waals surface area (Å²) in [5.74, 6) is -0.460. The predicted molar refractivity (Wildman–Crippen MR) is 120 cm³/mol. The highest BCUT2D eigenvalue weighted by molar-refractivity contribution is 8.18. The second-order valence-electron chi connectivity index (χ2n) is 6.78. The maximum atomic E-state index is 14.1. The van der Waals surface area contributed by atoms with E-state index in [1.807, 2.05) is 48.5 Å². The van der Waals surface area contributed by atoms with Crippen molar-refractivity contribution in [2.75, 3.05) is 0 Å². The molecule has 1 fully saturated rings. The number of nitrogens with zero attached hydrogens (tertiary/aromatic N) is 1. The van der Waals surface area contributed by atoms with Crippen molar-refractivity contribution in [3.63, 3.8) is 0 Å². The van der Waals surface area contributed by atoms with Crippen molar-refractivity contribution in [1.82, 2.24) is 4.90 Å². The van der Waals surface area contributed by atoms with Gasteiger partial charge in [-0.25, -0.2) is 4.39 Å². The molecule has 1 aliphatic heterocycles. The molecule has 0 unspecified atom stereocenters. The van der Waals surface area contributed by atoms with E-state index >= 15 is 0 Å². The predicted octanol–water partition coefficient (Wildman–Crippen LogP) is 6.29. The van der Waals surface area contributed by atoms with Gasteiger partial charge in [0.2, 0.25) is 0 Å². The fourth-order valence-corrected chi connectivity index (χ4v) is 4.14. The van der Waals surface area contributed by atoms with E-state index in [4.69, 9.17) is 16.3 Å². The van der Waals surface area contributed by atoms with Crippen LogP contribution in [-0.2, 0) is 17.9 Å². The summed E-state index contributed by atoms with van der Waals surface area (Å²) in [6, 6.07) is 21.2. The molecule has 0 radical (unpaired) electrons. The molecule has 4 nitrogen and oxygen atoms in total. The summed E-state index contributed by atoms with van der Waals surface area (Å²) in [6.45, 7) is 0.151. The molecule has 156 valence electrons. The van der Waals surface area contributed by atoms with Crippen molar-refractivity contribution in [2.45, 2.75) is 13.2 Å². The number of benzene rings is 3. The van der Waals surface area contributed by atoms with Crippen LogP contribution in [0, 0.1) is 5.82 Å². The molecule has 1 saturated heterocycles. The molecule has 7 heteroatoms. The fraction of sp³-hybridized carbons (Fsp3) is 0.0833. The zero-order valence-electron chi connectivity index (χ0n) is 16.3. The zero-order chi connectivity index (χ0) is 21.8. The van der Waals surface area contributed by atoms with E-state index in [1.54, 1.807) is 12.1 Å². The van der Waals surface area contributed by atoms with E-state index in [0.29, 0.717) is 17.9 Å². The van der Waals surface area contributed by atoms with Crippen LogP contribution in [-0.4, -0.2) is 16.0 Å². The number of halogens is 2. The van der Waals surface area contributed by atoms with E-state index in [-0.39, 0.29) is 22.0 Å². The second kappa shape index (κ2) is 9.37. The van der Waals surface area contributed by atoms with Crippen molar-refractivity contribution in [2.24, 2.45) is 0 Å². The standard InChI is InChI=1S/C24H17ClFNO3S/c25-19-10-6-11-20(26)18(19)14-27-23(28)22(31-24(27)29)13-17-9-4-5-12-21(17)30-15-16-7-2-1-3-8-16/h1-13H,14-15H2/b22-13+. The minimum Gasteiger partial charge on any atom is -0.488 e. The van der Waals surface area contributed by atoms with Crippen LogP contribution in [0.3, 0.4) is 0 Å². The molecule has 0 saturated carbocycles. The Hall–Kier alpha value is -3.09. The number of carbonyl (C=O) groups excluding carboxylic acids is 2. The fourth-order valence-electron chi connectivity index (χ4n) is 3.09. The first-order valence-electron chi connectivity index (χ1n) is 9.47. The van der Waals surface area contributed by atoms with Crippen LogP contribution in [0.1, 0.15) is 16.7 Å². The summed E-state index contributed by atoms with van der Waals surface area (Å²) in [6.07, 6.45) is 1.62. The van der Waals surface area contributed by atoms with Crippen LogP contribution in [0.4, 0.5) is 9.18 Å². The quantitative estimate of drug-likeness (QED) is 0.411. The molecule has 1 heterocycles. The van der Waals surface area contributed by atoms with Gasteiger partial charge >= 0.3 is 0 Å². The molecule has 0 N–H and O–H groups in total. The average Bonchev–Trinajstić information content (AvgIpc) is 3.03. The first-order valence-corrected chi connectivity index (χ1v) is 10.7. The Morgan fingerprint density at radius 1 is 0.968 bits per heavy atom. The van der Waals surface area contributed by atoms with Gasteiger partial charge in [0.15, 0.2) is 0 Å². The van der Waals surface area contributed by atoms with Gasteiger partial charge in [-0.2, -0.15) is 0 Å². The molecule has 2 amide bonds. The maximum Gasteiger partial charge on any atom is 0.293 e. The molecule has 0 aliphatic carbocycles. The van der Waals surface area contributed by atoms with E-state index in [2.05, 4.69) is 0 Å². The summed E-state index contributed by atoms with van der Waals surface area (Å²) in [4.78, 5) is 26.5. The Morgan fingerprint density at radius 3 is 2.48 bits per heavy atom. The average molecular weight is 454 g/mol. The lowest BCUT2D eigenvalue weighted by Gasteiger charge is -2.14. The van der Waals surface area contributed by atoms with Crippen molar-refractivity contribution >= 4 is 40.6 Å². The number of thioether (sulfide) groups is 1. The number of carbonyl (C=O) groups is 2. The van der Waals surface area contributed by atoms with E-state index in [1.165, 1.54) is 18.2 Å². The van der Waals surface area contributed by atoms with Gasteiger partial charge in [-0.1, -0.05) is 66.2 Å². The minimum atomic E-state index is -0.560. The third-order valence-corrected chi connectivity index (χ3v) is 5.96. The lowest BCUT2D eigenvalue weighted by molar-refractivity contribution is -0.123. The molecule has 3 aromatic carbocycles. The first-order chi connectivity index (χ1) is 15.0. The maximum absolute atomic E-state index is 14.1. The molecule has 0 atom stereocenters. The smallest absolute Gasteiger partial charge is 0.293 e. The van der Waals surface area contributed by atoms with Crippen LogP contribution in [0.2, 0.25) is 5.02 Å². The van der Waals surface area contributed by atoms with Crippen LogP contribution < -0.4 is 4.74 Å². The Labute approximate surface area is 188 Å². The Kier molecular flexibility index (Phi) is 6.39. The van der Waals surface area contributed by atoms with Crippen LogP contribution >= 0.6 is 23.4 Å². The Bertz CT molecular complexity index is 1150. The molecule has 0 aromatic heterocycles. The summed E-state index contributed by atoms with van der Waals surface area (Å²) in [7, 11) is 0. The van der Waals surface area contributed by atoms with Gasteiger partial charge in [-0.3, -0.25) is 14.5 Å². The van der Waals surface area contributed by atoms with Crippen molar-refractivity contribution < 1.29 is 18.7 Å². The van der Waals surface area contributed by atoms with Crippen LogP contribution in [0.5, 0.6) is 5.75 Å². The number of rotatable bonds is 6. The van der Waals surface area contributed by atoms with Crippen LogP contribution in [0.15, 0.2) is 77.7 Å². The van der Waals surface area contributed by atoms with Gasteiger partial charge in [0.1, 0.15) is 18.2 Å². The normalized spacial score (nSPS) is 15.0. The van der Waals surface area contributed by atoms with Crippen molar-refractivity contribution in [3.8, 4) is 5.75 Å². The summed E-state index contributed by atoms with van der Waals surface area (Å²) < 4.78 is 20.0. The van der Waals surface area contributed by atoms with Crippen molar-refractivity contribution in [3.05, 3.63) is 105 Å². The number of imide groups is 1. The molecular formula is C24H17ClFNO3S. The Balaban J connectivity index is 1.54. The first kappa shape index (κ1) is 21.2. The SMILES string of the molecule is O=C1S/C(=C/c2ccccc2OCc2ccccc2)C(=O)N1Cc1c(F)cccc1Cl. The molecule has 0 spiro atoms. The highest BCUT2D eigenvalue weighted by Gasteiger charge is 2.36. The topological polar surface area (TPSA) is 46.6 Å². The zero-order valence-corrected chi connectivity index (χ0v) is 17.8. The van der Waals surface area contributed by atoms with Gasteiger partial charge in [-0.15, -0.1) is 0 Å². The molecule has 31 heavy (non-hydrogen) atoms. The third-order valence-electron chi connectivity index (χ3n) is 4.69. The molecule has 3 aromatic rings. The second-order valence-corrected chi connectivity index (χ2v) is 8.18. The summed E-state index contributed by atoms with van der Waals surface area (Å²) in [5.41, 5.74) is 1.80. The van der Waals surface area contributed by atoms with Gasteiger partial charge in [0.05, 0.1) is 11.4 Å². The minimum absolute atomic E-state index is 0.110. The van der Waals surface area contributed by atoms with E-state index < -0.39 is 17.0 Å².